The molecule has 0 amide bonds. The number of para-hydroxylation sites is 1. The van der Waals surface area contributed by atoms with Gasteiger partial charge in [-0.15, -0.1) is 23.8 Å². The zero-order chi connectivity index (χ0) is 49.6. The Morgan fingerprint density at radius 1 is 0.562 bits per heavy atom. The fourth-order valence-corrected chi connectivity index (χ4v) is 11.6. The number of hydrogen-bond donors (Lipinski definition) is 1. The topological polar surface area (TPSA) is 50.9 Å². The number of aromatic hydroxyl groups is 1. The Morgan fingerprint density at radius 3 is 1.93 bits per heavy atom. The smallest absolute Gasteiger partial charge is 0.148 e. The molecule has 7 aromatic carbocycles. The SMILES string of the molecule is CC(C)(C)c1cc(-c2nc3c(-c4[c-]c(-c5cc(-c6ccc(C7CCCCC7)cc6)ccn5)cc(-c5ccccc5)c4)cccc3n2-c2ccc(CC3CCCC3)cc2-c2ccccc2)c(O)c(C(C)(C)C)c1.[Pt]. The van der Waals surface area contributed by atoms with Crippen LogP contribution >= 0.6 is 0 Å². The summed E-state index contributed by atoms with van der Waals surface area (Å²) >= 11 is 0. The Morgan fingerprint density at radius 2 is 1.23 bits per heavy atom. The second kappa shape index (κ2) is 20.9. The fraction of sp³-hybridized carbons (Fsp3) is 0.294. The number of fused-ring (bicyclic) bond motifs is 1. The zero-order valence-corrected chi connectivity index (χ0v) is 45.7. The predicted molar refractivity (Wildman–Crippen MR) is 301 cm³/mol. The van der Waals surface area contributed by atoms with E-state index in [1.54, 1.807) is 0 Å². The molecule has 0 aliphatic heterocycles. The number of phenols is 1. The van der Waals surface area contributed by atoms with Crippen LogP contribution in [0.4, 0.5) is 0 Å². The summed E-state index contributed by atoms with van der Waals surface area (Å²) in [6, 6.07) is 61.4. The molecule has 73 heavy (non-hydrogen) atoms. The summed E-state index contributed by atoms with van der Waals surface area (Å²) in [6.45, 7) is 13.3. The Bertz CT molecular complexity index is 3380. The summed E-state index contributed by atoms with van der Waals surface area (Å²) in [6.07, 6.45) is 14.8. The second-order valence-electron chi connectivity index (χ2n) is 22.9. The van der Waals surface area contributed by atoms with Crippen LogP contribution in [0.2, 0.25) is 0 Å². The maximum Gasteiger partial charge on any atom is 0.148 e. The van der Waals surface area contributed by atoms with Crippen LogP contribution < -0.4 is 0 Å². The molecule has 11 rings (SSSR count). The molecule has 4 nitrogen and oxygen atoms in total. The summed E-state index contributed by atoms with van der Waals surface area (Å²) in [5, 5.41) is 12.7. The quantitative estimate of drug-likeness (QED) is 0.139. The van der Waals surface area contributed by atoms with Gasteiger partial charge in [-0.1, -0.05) is 218 Å². The van der Waals surface area contributed by atoms with Crippen LogP contribution in [0, 0.1) is 12.0 Å². The zero-order valence-electron chi connectivity index (χ0n) is 43.4. The van der Waals surface area contributed by atoms with Crippen LogP contribution in [0.1, 0.15) is 128 Å². The number of aromatic nitrogens is 3. The van der Waals surface area contributed by atoms with Crippen LogP contribution in [0.5, 0.6) is 5.75 Å². The Hall–Kier alpha value is -6.35. The number of imidazole rings is 1. The van der Waals surface area contributed by atoms with Crippen LogP contribution in [0.25, 0.3) is 83.9 Å². The van der Waals surface area contributed by atoms with Crippen molar-refractivity contribution in [2.24, 2.45) is 5.92 Å². The molecule has 0 unspecified atom stereocenters. The van der Waals surface area contributed by atoms with E-state index in [1.165, 1.54) is 74.5 Å². The number of phenolic OH excluding ortho intramolecular Hbond substituents is 1. The van der Waals surface area contributed by atoms with Gasteiger partial charge in [-0.05, 0) is 111 Å². The third-order valence-electron chi connectivity index (χ3n) is 15.7. The van der Waals surface area contributed by atoms with Gasteiger partial charge in [0.05, 0.1) is 22.3 Å². The van der Waals surface area contributed by atoms with Crippen molar-refractivity contribution in [1.29, 1.82) is 0 Å². The van der Waals surface area contributed by atoms with Gasteiger partial charge >= 0.3 is 0 Å². The van der Waals surface area contributed by atoms with Crippen molar-refractivity contribution in [2.45, 2.75) is 122 Å². The number of pyridine rings is 1. The minimum Gasteiger partial charge on any atom is -0.507 e. The third kappa shape index (κ3) is 10.4. The van der Waals surface area contributed by atoms with E-state index in [-0.39, 0.29) is 37.6 Å². The van der Waals surface area contributed by atoms with Crippen LogP contribution in [0.3, 0.4) is 0 Å². The molecule has 2 aliphatic carbocycles. The van der Waals surface area contributed by atoms with Gasteiger partial charge in [0, 0.05) is 44.1 Å². The Kier molecular flexibility index (Phi) is 14.4. The van der Waals surface area contributed by atoms with Gasteiger partial charge in [0.1, 0.15) is 11.6 Å². The normalized spacial score (nSPS) is 14.7. The van der Waals surface area contributed by atoms with E-state index in [0.717, 1.165) is 90.0 Å². The van der Waals surface area contributed by atoms with E-state index in [2.05, 4.69) is 210 Å². The molecular weight excluding hydrogens is 1070 g/mol. The molecular formula is C68H68N3OPt-. The number of hydrogen-bond acceptors (Lipinski definition) is 3. The standard InChI is InChI=1S/C68H68N3O.Pt/c1-67(2,3)56-43-59(65(72)60(44-56)68(4,5)6)66-70-64-57(27-18-28-63(64)71(66)62-34-29-46(37-45-19-16-17-20-45)38-58(62)51-25-14-9-15-26-51)54-39-53(48-23-12-8-13-24-48)40-55(41-54)61-42-52(35-36-69-61)50-32-30-49(31-33-50)47-21-10-7-11-22-47;/h8-9,12-15,18,23-36,38-40,42-45,47,72H,7,10-11,16-17,19-22,37H2,1-6H3;/q-1;. The van der Waals surface area contributed by atoms with Crippen LogP contribution in [-0.4, -0.2) is 19.6 Å². The summed E-state index contributed by atoms with van der Waals surface area (Å²) < 4.78 is 2.32. The van der Waals surface area contributed by atoms with Gasteiger partial charge in [0.2, 0.25) is 0 Å². The summed E-state index contributed by atoms with van der Waals surface area (Å²) in [5.74, 6) is 2.35. The minimum atomic E-state index is -0.327. The molecule has 372 valence electrons. The average Bonchev–Trinajstić information content (AvgIpc) is 4.07. The first-order valence-corrected chi connectivity index (χ1v) is 26.6. The molecule has 2 heterocycles. The maximum atomic E-state index is 12.7. The van der Waals surface area contributed by atoms with E-state index in [9.17, 15) is 5.11 Å². The fourth-order valence-electron chi connectivity index (χ4n) is 11.6. The number of rotatable bonds is 10. The number of nitrogens with zero attached hydrogens (tertiary/aromatic N) is 3. The van der Waals surface area contributed by atoms with Gasteiger partial charge in [-0.2, -0.15) is 0 Å². The van der Waals surface area contributed by atoms with Gasteiger partial charge < -0.3 is 5.11 Å². The van der Waals surface area contributed by atoms with Crippen LogP contribution in [0.15, 0.2) is 164 Å². The van der Waals surface area contributed by atoms with Gasteiger partial charge in [-0.25, -0.2) is 4.98 Å². The molecule has 9 aromatic rings. The molecule has 2 saturated carbocycles. The molecule has 2 aliphatic rings. The molecule has 2 fully saturated rings. The van der Waals surface area contributed by atoms with E-state index in [4.69, 9.17) is 9.97 Å². The first-order valence-electron chi connectivity index (χ1n) is 26.6. The first-order chi connectivity index (χ1) is 34.9. The summed E-state index contributed by atoms with van der Waals surface area (Å²) in [4.78, 5) is 10.8. The van der Waals surface area contributed by atoms with Crippen molar-refractivity contribution in [3.63, 3.8) is 0 Å². The van der Waals surface area contributed by atoms with Crippen molar-refractivity contribution in [1.82, 2.24) is 14.5 Å². The molecule has 1 N–H and O–H groups in total. The van der Waals surface area contributed by atoms with Crippen molar-refractivity contribution in [2.75, 3.05) is 0 Å². The van der Waals surface area contributed by atoms with Crippen molar-refractivity contribution >= 4 is 11.0 Å². The van der Waals surface area contributed by atoms with Crippen LogP contribution in [-0.2, 0) is 38.3 Å². The Balaban J connectivity index is 0.00000611. The van der Waals surface area contributed by atoms with Crippen molar-refractivity contribution in [3.8, 4) is 78.6 Å². The average molecular weight is 1140 g/mol. The molecule has 0 saturated heterocycles. The summed E-state index contributed by atoms with van der Waals surface area (Å²) in [5.41, 5.74) is 18.4. The molecule has 5 heteroatoms. The van der Waals surface area contributed by atoms with Crippen molar-refractivity contribution in [3.05, 3.63) is 192 Å². The van der Waals surface area contributed by atoms with E-state index in [0.29, 0.717) is 17.7 Å². The molecule has 0 spiro atoms. The largest absolute Gasteiger partial charge is 0.507 e. The number of benzene rings is 7. The van der Waals surface area contributed by atoms with E-state index in [1.807, 2.05) is 6.20 Å². The first kappa shape index (κ1) is 50.2. The predicted octanol–water partition coefficient (Wildman–Crippen LogP) is 18.3. The molecule has 0 atom stereocenters. The Labute approximate surface area is 448 Å². The van der Waals surface area contributed by atoms with Gasteiger partial charge in [0.25, 0.3) is 0 Å². The minimum absolute atomic E-state index is 0. The summed E-state index contributed by atoms with van der Waals surface area (Å²) in [7, 11) is 0. The van der Waals surface area contributed by atoms with Gasteiger partial charge in [0.15, 0.2) is 0 Å². The molecule has 0 radical (unpaired) electrons. The second-order valence-corrected chi connectivity index (χ2v) is 22.9. The van der Waals surface area contributed by atoms with E-state index < -0.39 is 0 Å². The third-order valence-corrected chi connectivity index (χ3v) is 15.7. The monoisotopic (exact) mass is 1140 g/mol. The molecule has 2 aromatic heterocycles. The maximum absolute atomic E-state index is 12.7. The van der Waals surface area contributed by atoms with Crippen molar-refractivity contribution < 1.29 is 26.2 Å². The van der Waals surface area contributed by atoms with Gasteiger partial charge in [-0.3, -0.25) is 9.55 Å². The van der Waals surface area contributed by atoms with E-state index >= 15 is 0 Å². The molecule has 0 bridgehead atoms.